The molecule has 3 heterocycles. The normalized spacial score (nSPS) is 24.2. The predicted molar refractivity (Wildman–Crippen MR) is 114 cm³/mol. The standard InChI is InChI=1S/C20H29ClN4O3S/c21-18-8-7-16(14-19(18)29(27,28)25-12-3-4-13-25)22-20(26)24-11-5-6-17(15-24)23-9-1-2-10-23/h7-8,14,17H,1-6,9-13,15H2,(H,22,26). The zero-order chi connectivity index (χ0) is 20.4. The number of piperidine rings is 1. The summed E-state index contributed by atoms with van der Waals surface area (Å²) in [4.78, 5) is 17.2. The van der Waals surface area contributed by atoms with E-state index in [0.29, 0.717) is 24.8 Å². The third-order valence-corrected chi connectivity index (χ3v) is 8.59. The zero-order valence-electron chi connectivity index (χ0n) is 16.6. The number of sulfonamides is 1. The molecule has 9 heteroatoms. The fourth-order valence-corrected chi connectivity index (χ4v) is 6.61. The van der Waals surface area contributed by atoms with Crippen molar-refractivity contribution in [3.63, 3.8) is 0 Å². The Kier molecular flexibility index (Phi) is 6.34. The van der Waals surface area contributed by atoms with Crippen LogP contribution in [-0.4, -0.2) is 73.9 Å². The van der Waals surface area contributed by atoms with Gasteiger partial charge in [-0.3, -0.25) is 4.90 Å². The monoisotopic (exact) mass is 440 g/mol. The molecule has 3 fully saturated rings. The van der Waals surface area contributed by atoms with Gasteiger partial charge < -0.3 is 10.2 Å². The molecule has 1 aromatic carbocycles. The highest BCUT2D eigenvalue weighted by atomic mass is 35.5. The number of hydrogen-bond donors (Lipinski definition) is 1. The first-order valence-electron chi connectivity index (χ1n) is 10.5. The van der Waals surface area contributed by atoms with E-state index in [-0.39, 0.29) is 15.9 Å². The lowest BCUT2D eigenvalue weighted by Gasteiger charge is -2.37. The lowest BCUT2D eigenvalue weighted by molar-refractivity contribution is 0.132. The molecule has 7 nitrogen and oxygen atoms in total. The van der Waals surface area contributed by atoms with Gasteiger partial charge in [-0.2, -0.15) is 4.31 Å². The van der Waals surface area contributed by atoms with Crippen molar-refractivity contribution in [3.8, 4) is 0 Å². The summed E-state index contributed by atoms with van der Waals surface area (Å²) in [5.41, 5.74) is 0.459. The van der Waals surface area contributed by atoms with Crippen molar-refractivity contribution in [3.05, 3.63) is 23.2 Å². The highest BCUT2D eigenvalue weighted by molar-refractivity contribution is 7.89. The van der Waals surface area contributed by atoms with E-state index in [0.717, 1.165) is 51.9 Å². The molecular formula is C20H29ClN4O3S. The molecule has 1 atom stereocenters. The van der Waals surface area contributed by atoms with Crippen LogP contribution in [0.5, 0.6) is 0 Å². The van der Waals surface area contributed by atoms with E-state index in [9.17, 15) is 13.2 Å². The topological polar surface area (TPSA) is 73.0 Å². The van der Waals surface area contributed by atoms with Crippen LogP contribution in [0, 0.1) is 0 Å². The molecule has 0 aliphatic carbocycles. The number of hydrogen-bond acceptors (Lipinski definition) is 4. The Labute approximate surface area is 178 Å². The highest BCUT2D eigenvalue weighted by Crippen LogP contribution is 2.30. The fourth-order valence-electron chi connectivity index (χ4n) is 4.59. The van der Waals surface area contributed by atoms with Crippen molar-refractivity contribution in [1.29, 1.82) is 0 Å². The Bertz CT molecular complexity index is 851. The van der Waals surface area contributed by atoms with Crippen LogP contribution < -0.4 is 5.32 Å². The predicted octanol–water partition coefficient (Wildman–Crippen LogP) is 3.22. The molecule has 1 N–H and O–H groups in total. The Balaban J connectivity index is 1.45. The summed E-state index contributed by atoms with van der Waals surface area (Å²) in [6.45, 7) is 4.72. The minimum absolute atomic E-state index is 0.0625. The Hall–Kier alpha value is -1.35. The summed E-state index contributed by atoms with van der Waals surface area (Å²) in [6, 6.07) is 4.93. The first-order valence-corrected chi connectivity index (χ1v) is 12.4. The van der Waals surface area contributed by atoms with Crippen molar-refractivity contribution in [1.82, 2.24) is 14.1 Å². The van der Waals surface area contributed by atoms with Crippen molar-refractivity contribution < 1.29 is 13.2 Å². The number of benzene rings is 1. The maximum absolute atomic E-state index is 12.9. The number of nitrogens with zero attached hydrogens (tertiary/aromatic N) is 3. The van der Waals surface area contributed by atoms with E-state index in [1.807, 2.05) is 4.90 Å². The maximum Gasteiger partial charge on any atom is 0.321 e. The van der Waals surface area contributed by atoms with E-state index in [4.69, 9.17) is 11.6 Å². The lowest BCUT2D eigenvalue weighted by Crippen LogP contribution is -2.50. The first kappa shape index (κ1) is 20.9. The number of carbonyl (C=O) groups is 1. The third kappa shape index (κ3) is 4.55. The molecule has 0 spiro atoms. The number of urea groups is 1. The second-order valence-corrected chi connectivity index (χ2v) is 10.5. The van der Waals surface area contributed by atoms with Gasteiger partial charge in [0, 0.05) is 37.9 Å². The largest absolute Gasteiger partial charge is 0.323 e. The molecule has 3 aliphatic rings. The Morgan fingerprint density at radius 2 is 1.69 bits per heavy atom. The second-order valence-electron chi connectivity index (χ2n) is 8.17. The van der Waals surface area contributed by atoms with Crippen LogP contribution in [0.1, 0.15) is 38.5 Å². The van der Waals surface area contributed by atoms with E-state index >= 15 is 0 Å². The van der Waals surface area contributed by atoms with Gasteiger partial charge in [-0.1, -0.05) is 11.6 Å². The summed E-state index contributed by atoms with van der Waals surface area (Å²) in [7, 11) is -3.64. The molecule has 4 rings (SSSR count). The SMILES string of the molecule is O=C(Nc1ccc(Cl)c(S(=O)(=O)N2CCCC2)c1)N1CCCC(N2CCCC2)C1. The molecule has 29 heavy (non-hydrogen) atoms. The van der Waals surface area contributed by atoms with Gasteiger partial charge in [-0.05, 0) is 69.8 Å². The van der Waals surface area contributed by atoms with Gasteiger partial charge in [-0.25, -0.2) is 13.2 Å². The number of likely N-dealkylation sites (tertiary alicyclic amines) is 2. The number of nitrogens with one attached hydrogen (secondary N) is 1. The van der Waals surface area contributed by atoms with Gasteiger partial charge in [0.05, 0.1) is 5.02 Å². The summed E-state index contributed by atoms with van der Waals surface area (Å²) < 4.78 is 27.3. The van der Waals surface area contributed by atoms with Gasteiger partial charge in [-0.15, -0.1) is 0 Å². The summed E-state index contributed by atoms with van der Waals surface area (Å²) in [5, 5.41) is 3.06. The van der Waals surface area contributed by atoms with Crippen LogP contribution in [0.3, 0.4) is 0 Å². The average molecular weight is 441 g/mol. The molecule has 1 unspecified atom stereocenters. The fraction of sp³-hybridized carbons (Fsp3) is 0.650. The maximum atomic E-state index is 12.9. The second kappa shape index (κ2) is 8.79. The summed E-state index contributed by atoms with van der Waals surface area (Å²) in [6.07, 6.45) is 6.32. The average Bonchev–Trinajstić information content (AvgIpc) is 3.44. The van der Waals surface area contributed by atoms with Crippen molar-refractivity contribution in [2.24, 2.45) is 0 Å². The highest BCUT2D eigenvalue weighted by Gasteiger charge is 2.31. The van der Waals surface area contributed by atoms with Crippen molar-refractivity contribution in [2.45, 2.75) is 49.5 Å². The molecule has 3 aliphatic heterocycles. The van der Waals surface area contributed by atoms with Crippen LogP contribution in [0.25, 0.3) is 0 Å². The minimum Gasteiger partial charge on any atom is -0.323 e. The van der Waals surface area contributed by atoms with E-state index < -0.39 is 10.0 Å². The number of anilines is 1. The van der Waals surface area contributed by atoms with Crippen LogP contribution in [0.2, 0.25) is 5.02 Å². The Morgan fingerprint density at radius 1 is 1.00 bits per heavy atom. The van der Waals surface area contributed by atoms with E-state index in [1.165, 1.54) is 23.2 Å². The molecule has 160 valence electrons. The van der Waals surface area contributed by atoms with Gasteiger partial charge in [0.15, 0.2) is 0 Å². The molecule has 1 aromatic rings. The number of rotatable bonds is 4. The van der Waals surface area contributed by atoms with Gasteiger partial charge >= 0.3 is 6.03 Å². The minimum atomic E-state index is -3.64. The first-order chi connectivity index (χ1) is 13.9. The van der Waals surface area contributed by atoms with Gasteiger partial charge in [0.2, 0.25) is 10.0 Å². The van der Waals surface area contributed by atoms with Crippen LogP contribution in [0.15, 0.2) is 23.1 Å². The van der Waals surface area contributed by atoms with Crippen LogP contribution >= 0.6 is 11.6 Å². The molecule has 0 aromatic heterocycles. The van der Waals surface area contributed by atoms with Crippen LogP contribution in [-0.2, 0) is 10.0 Å². The molecule has 0 radical (unpaired) electrons. The van der Waals surface area contributed by atoms with Crippen molar-refractivity contribution >= 4 is 33.3 Å². The number of carbonyl (C=O) groups excluding carboxylic acids is 1. The lowest BCUT2D eigenvalue weighted by atomic mass is 10.0. The van der Waals surface area contributed by atoms with Crippen LogP contribution in [0.4, 0.5) is 10.5 Å². The molecule has 0 bridgehead atoms. The molecule has 3 saturated heterocycles. The zero-order valence-corrected chi connectivity index (χ0v) is 18.2. The number of amides is 2. The Morgan fingerprint density at radius 3 is 2.41 bits per heavy atom. The molecule has 0 saturated carbocycles. The quantitative estimate of drug-likeness (QED) is 0.780. The number of halogens is 1. The van der Waals surface area contributed by atoms with Gasteiger partial charge in [0.25, 0.3) is 0 Å². The molecular weight excluding hydrogens is 412 g/mol. The van der Waals surface area contributed by atoms with Gasteiger partial charge in [0.1, 0.15) is 4.90 Å². The molecule has 2 amide bonds. The van der Waals surface area contributed by atoms with E-state index in [2.05, 4.69) is 10.2 Å². The van der Waals surface area contributed by atoms with E-state index in [1.54, 1.807) is 12.1 Å². The summed E-state index contributed by atoms with van der Waals surface area (Å²) in [5.74, 6) is 0. The smallest absolute Gasteiger partial charge is 0.321 e. The summed E-state index contributed by atoms with van der Waals surface area (Å²) >= 11 is 6.20. The van der Waals surface area contributed by atoms with Crippen molar-refractivity contribution in [2.75, 3.05) is 44.6 Å². The third-order valence-electron chi connectivity index (χ3n) is 6.21.